The number of aliphatic imine (C=N–C) groups is 1. The van der Waals surface area contributed by atoms with E-state index in [0.29, 0.717) is 24.0 Å². The number of halogens is 1. The Labute approximate surface area is 150 Å². The summed E-state index contributed by atoms with van der Waals surface area (Å²) in [5.74, 6) is 1.86. The third-order valence-electron chi connectivity index (χ3n) is 3.22. The predicted molar refractivity (Wildman–Crippen MR) is 101 cm³/mol. The van der Waals surface area contributed by atoms with Gasteiger partial charge < -0.3 is 25.4 Å². The molecule has 7 heteroatoms. The minimum atomic E-state index is 0. The van der Waals surface area contributed by atoms with E-state index < -0.39 is 0 Å². The summed E-state index contributed by atoms with van der Waals surface area (Å²) in [6.07, 6.45) is 0. The molecule has 0 atom stereocenters. The second-order valence-corrected chi connectivity index (χ2v) is 4.71. The lowest BCUT2D eigenvalue weighted by molar-refractivity contribution is 0.354. The topological polar surface area (TPSA) is 72.1 Å². The highest BCUT2D eigenvalue weighted by atomic mass is 127. The van der Waals surface area contributed by atoms with Gasteiger partial charge in [0.2, 0.25) is 0 Å². The van der Waals surface area contributed by atoms with Crippen molar-refractivity contribution in [3.8, 4) is 11.5 Å². The molecule has 0 amide bonds. The fourth-order valence-electron chi connectivity index (χ4n) is 1.74. The Morgan fingerprint density at radius 3 is 2.55 bits per heavy atom. The van der Waals surface area contributed by atoms with Crippen molar-refractivity contribution in [1.82, 2.24) is 10.2 Å². The largest absolute Gasteiger partial charge is 0.493 e. The van der Waals surface area contributed by atoms with Crippen LogP contribution in [0.1, 0.15) is 12.5 Å². The zero-order valence-corrected chi connectivity index (χ0v) is 16.1. The molecule has 0 spiro atoms. The summed E-state index contributed by atoms with van der Waals surface area (Å²) in [6.45, 7) is 5.36. The van der Waals surface area contributed by atoms with Gasteiger partial charge in [0.1, 0.15) is 0 Å². The maximum absolute atomic E-state index is 5.84. The van der Waals surface area contributed by atoms with E-state index in [1.165, 1.54) is 0 Å². The first-order chi connectivity index (χ1) is 10.1. The molecule has 0 aliphatic rings. The number of hydrogen-bond donors (Lipinski definition) is 2. The van der Waals surface area contributed by atoms with Crippen LogP contribution in [0.3, 0.4) is 0 Å². The number of rotatable bonds is 8. The van der Waals surface area contributed by atoms with E-state index in [-0.39, 0.29) is 24.0 Å². The third kappa shape index (κ3) is 7.17. The van der Waals surface area contributed by atoms with Crippen molar-refractivity contribution in [1.29, 1.82) is 0 Å². The van der Waals surface area contributed by atoms with Gasteiger partial charge in [-0.2, -0.15) is 0 Å². The van der Waals surface area contributed by atoms with Crippen LogP contribution in [-0.2, 0) is 6.54 Å². The maximum atomic E-state index is 5.84. The fourth-order valence-corrected chi connectivity index (χ4v) is 1.74. The van der Waals surface area contributed by atoms with E-state index in [9.17, 15) is 0 Å². The van der Waals surface area contributed by atoms with Crippen LogP contribution in [0.5, 0.6) is 11.5 Å². The molecule has 1 rings (SSSR count). The Hall–Kier alpha value is -1.22. The maximum Gasteiger partial charge on any atom is 0.188 e. The van der Waals surface area contributed by atoms with Crippen LogP contribution in [0, 0.1) is 0 Å². The lowest BCUT2D eigenvalue weighted by Crippen LogP contribution is -2.37. The van der Waals surface area contributed by atoms with Gasteiger partial charge in [-0.1, -0.05) is 13.0 Å². The Kier molecular flexibility index (Phi) is 10.7. The average molecular weight is 422 g/mol. The smallest absolute Gasteiger partial charge is 0.188 e. The first-order valence-corrected chi connectivity index (χ1v) is 7.04. The van der Waals surface area contributed by atoms with Crippen molar-refractivity contribution in [3.05, 3.63) is 23.8 Å². The molecule has 22 heavy (non-hydrogen) atoms. The highest BCUT2D eigenvalue weighted by Crippen LogP contribution is 2.27. The van der Waals surface area contributed by atoms with Gasteiger partial charge in [-0.3, -0.25) is 0 Å². The van der Waals surface area contributed by atoms with Gasteiger partial charge in [0.05, 0.1) is 20.8 Å². The fraction of sp³-hybridized carbons (Fsp3) is 0.533. The molecule has 126 valence electrons. The summed E-state index contributed by atoms with van der Waals surface area (Å²) in [4.78, 5) is 6.52. The van der Waals surface area contributed by atoms with Gasteiger partial charge >= 0.3 is 0 Å². The van der Waals surface area contributed by atoms with E-state index in [4.69, 9.17) is 15.2 Å². The molecule has 1 aromatic rings. The third-order valence-corrected chi connectivity index (χ3v) is 3.22. The zero-order chi connectivity index (χ0) is 15.7. The summed E-state index contributed by atoms with van der Waals surface area (Å²) < 4.78 is 10.5. The Bertz CT molecular complexity index is 469. The summed E-state index contributed by atoms with van der Waals surface area (Å²) in [7, 11) is 5.30. The minimum absolute atomic E-state index is 0. The first-order valence-electron chi connectivity index (χ1n) is 7.04. The van der Waals surface area contributed by atoms with Gasteiger partial charge in [0.25, 0.3) is 0 Å². The van der Waals surface area contributed by atoms with Crippen molar-refractivity contribution in [2.24, 2.45) is 10.7 Å². The number of likely N-dealkylation sites (N-methyl/N-ethyl adjacent to an activating group) is 1. The van der Waals surface area contributed by atoms with E-state index in [2.05, 4.69) is 29.2 Å². The standard InChI is InChI=1S/C15H26N4O2.HI/c1-5-19(2)9-8-17-15(16)18-11-12-6-7-13(20-3)14(10-12)21-4;/h6-7,10H,5,8-9,11H2,1-4H3,(H3,16,17,18);1H. The molecule has 0 aliphatic heterocycles. The number of hydrogen-bond acceptors (Lipinski definition) is 4. The van der Waals surface area contributed by atoms with E-state index in [1.54, 1.807) is 14.2 Å². The number of ether oxygens (including phenoxy) is 2. The number of guanidine groups is 1. The second-order valence-electron chi connectivity index (χ2n) is 4.71. The van der Waals surface area contributed by atoms with E-state index in [1.807, 2.05) is 18.2 Å². The molecule has 3 N–H and O–H groups in total. The highest BCUT2D eigenvalue weighted by molar-refractivity contribution is 14.0. The predicted octanol–water partition coefficient (Wildman–Crippen LogP) is 1.68. The summed E-state index contributed by atoms with van der Waals surface area (Å²) >= 11 is 0. The molecular weight excluding hydrogens is 395 g/mol. The monoisotopic (exact) mass is 422 g/mol. The molecule has 0 unspecified atom stereocenters. The Balaban J connectivity index is 0.00000441. The van der Waals surface area contributed by atoms with Crippen molar-refractivity contribution < 1.29 is 9.47 Å². The lowest BCUT2D eigenvalue weighted by Gasteiger charge is -2.14. The summed E-state index contributed by atoms with van der Waals surface area (Å²) in [6, 6.07) is 5.72. The van der Waals surface area contributed by atoms with Gasteiger partial charge in [-0.15, -0.1) is 24.0 Å². The van der Waals surface area contributed by atoms with Crippen LogP contribution in [0.4, 0.5) is 0 Å². The molecule has 0 heterocycles. The lowest BCUT2D eigenvalue weighted by atomic mass is 10.2. The Morgan fingerprint density at radius 1 is 1.27 bits per heavy atom. The molecule has 0 saturated carbocycles. The van der Waals surface area contributed by atoms with Crippen molar-refractivity contribution >= 4 is 29.9 Å². The van der Waals surface area contributed by atoms with Gasteiger partial charge in [0, 0.05) is 13.1 Å². The van der Waals surface area contributed by atoms with Crippen LogP contribution >= 0.6 is 24.0 Å². The SMILES string of the molecule is CCN(C)CCNC(N)=NCc1ccc(OC)c(OC)c1.I. The molecule has 0 aliphatic carbocycles. The van der Waals surface area contributed by atoms with Crippen LogP contribution in [0.25, 0.3) is 0 Å². The van der Waals surface area contributed by atoms with Crippen molar-refractivity contribution in [3.63, 3.8) is 0 Å². The molecule has 0 aromatic heterocycles. The molecule has 0 fully saturated rings. The molecule has 0 saturated heterocycles. The molecule has 1 aromatic carbocycles. The van der Waals surface area contributed by atoms with E-state index >= 15 is 0 Å². The minimum Gasteiger partial charge on any atom is -0.493 e. The molecular formula is C15H27IN4O2. The normalized spacial score (nSPS) is 11.0. The molecule has 0 bridgehead atoms. The second kappa shape index (κ2) is 11.4. The number of methoxy groups -OCH3 is 2. The summed E-state index contributed by atoms with van der Waals surface area (Å²) in [5, 5.41) is 3.10. The highest BCUT2D eigenvalue weighted by Gasteiger charge is 2.04. The Morgan fingerprint density at radius 2 is 1.95 bits per heavy atom. The average Bonchev–Trinajstić information content (AvgIpc) is 2.52. The van der Waals surface area contributed by atoms with Gasteiger partial charge in [0.15, 0.2) is 17.5 Å². The number of benzene rings is 1. The van der Waals surface area contributed by atoms with Crippen molar-refractivity contribution in [2.45, 2.75) is 13.5 Å². The zero-order valence-electron chi connectivity index (χ0n) is 13.8. The van der Waals surface area contributed by atoms with E-state index in [0.717, 1.165) is 25.2 Å². The first kappa shape index (κ1) is 20.8. The van der Waals surface area contributed by atoms with Crippen LogP contribution in [0.2, 0.25) is 0 Å². The number of nitrogens with one attached hydrogen (secondary N) is 1. The quantitative estimate of drug-likeness (QED) is 0.379. The van der Waals surface area contributed by atoms with Gasteiger partial charge in [-0.25, -0.2) is 4.99 Å². The molecule has 0 radical (unpaired) electrons. The van der Waals surface area contributed by atoms with Crippen LogP contribution in [-0.4, -0.2) is 51.8 Å². The summed E-state index contributed by atoms with van der Waals surface area (Å²) in [5.41, 5.74) is 6.86. The number of nitrogens with two attached hydrogens (primary N) is 1. The van der Waals surface area contributed by atoms with Crippen molar-refractivity contribution in [2.75, 3.05) is 40.9 Å². The van der Waals surface area contributed by atoms with Crippen LogP contribution < -0.4 is 20.5 Å². The number of nitrogens with zero attached hydrogens (tertiary/aromatic N) is 2. The molecule has 6 nitrogen and oxygen atoms in total. The van der Waals surface area contributed by atoms with Crippen LogP contribution in [0.15, 0.2) is 23.2 Å². The van der Waals surface area contributed by atoms with Gasteiger partial charge in [-0.05, 0) is 31.3 Å².